The van der Waals surface area contributed by atoms with Gasteiger partial charge in [-0.15, -0.1) is 0 Å². The first-order chi connectivity index (χ1) is 10.1. The maximum Gasteiger partial charge on any atom is 0.222 e. The number of aryl methyl sites for hydroxylation is 1. The van der Waals surface area contributed by atoms with Crippen molar-refractivity contribution in [3.05, 3.63) is 35.4 Å². The van der Waals surface area contributed by atoms with Crippen LogP contribution in [0, 0.1) is 6.92 Å². The molecule has 2 fully saturated rings. The number of carbonyl (C=O) groups is 1. The molecule has 21 heavy (non-hydrogen) atoms. The fourth-order valence-corrected chi connectivity index (χ4v) is 3.51. The van der Waals surface area contributed by atoms with Crippen LogP contribution >= 0.6 is 0 Å². The minimum atomic E-state index is 0.0437. The average Bonchev–Trinajstić information content (AvgIpc) is 3.04. The topological polar surface area (TPSA) is 32.3 Å². The summed E-state index contributed by atoms with van der Waals surface area (Å²) in [6, 6.07) is 9.08. The molecule has 0 radical (unpaired) electrons. The summed E-state index contributed by atoms with van der Waals surface area (Å²) in [6.45, 7) is 3.25. The lowest BCUT2D eigenvalue weighted by atomic mass is 10.0. The molecule has 1 aromatic carbocycles. The van der Waals surface area contributed by atoms with E-state index in [1.54, 1.807) is 0 Å². The van der Waals surface area contributed by atoms with Crippen molar-refractivity contribution in [2.24, 2.45) is 0 Å². The maximum absolute atomic E-state index is 12.3. The second kappa shape index (κ2) is 5.80. The van der Waals surface area contributed by atoms with Crippen molar-refractivity contribution in [1.82, 2.24) is 10.2 Å². The number of benzene rings is 1. The summed E-state index contributed by atoms with van der Waals surface area (Å²) in [5.41, 5.74) is 2.68. The summed E-state index contributed by atoms with van der Waals surface area (Å²) in [7, 11) is 2.13. The standard InChI is InChI=1S/C18H26N2O/c1-14-5-3-6-15(11-14)13-18(8-9-18)19-17(21)12-16-7-4-10-20(16)2/h3,5-6,11,16H,4,7-10,12-13H2,1-2H3,(H,19,21)/t16-/m0/s1. The van der Waals surface area contributed by atoms with E-state index in [1.165, 1.54) is 17.5 Å². The minimum absolute atomic E-state index is 0.0437. The molecule has 2 aliphatic rings. The van der Waals surface area contributed by atoms with Gasteiger partial charge in [0.15, 0.2) is 0 Å². The predicted molar refractivity (Wildman–Crippen MR) is 85.3 cm³/mol. The van der Waals surface area contributed by atoms with Gasteiger partial charge in [-0.25, -0.2) is 0 Å². The van der Waals surface area contributed by atoms with Crippen LogP contribution in [0.2, 0.25) is 0 Å². The fraction of sp³-hybridized carbons (Fsp3) is 0.611. The van der Waals surface area contributed by atoms with Crippen LogP contribution in [0.5, 0.6) is 0 Å². The first-order valence-electron chi connectivity index (χ1n) is 8.13. The highest BCUT2D eigenvalue weighted by atomic mass is 16.1. The normalized spacial score (nSPS) is 24.0. The zero-order valence-corrected chi connectivity index (χ0v) is 13.2. The molecule has 1 saturated heterocycles. The third-order valence-electron chi connectivity index (χ3n) is 4.98. The number of rotatable bonds is 5. The summed E-state index contributed by atoms with van der Waals surface area (Å²) >= 11 is 0. The van der Waals surface area contributed by atoms with Crippen LogP contribution in [0.4, 0.5) is 0 Å². The van der Waals surface area contributed by atoms with Crippen molar-refractivity contribution in [2.45, 2.75) is 57.0 Å². The zero-order valence-electron chi connectivity index (χ0n) is 13.2. The predicted octanol–water partition coefficient (Wildman–Crippen LogP) is 2.67. The molecule has 1 saturated carbocycles. The van der Waals surface area contributed by atoms with Crippen molar-refractivity contribution >= 4 is 5.91 Å². The Hall–Kier alpha value is -1.35. The SMILES string of the molecule is Cc1cccc(CC2(NC(=O)C[C@@H]3CCCN3C)CC2)c1. The van der Waals surface area contributed by atoms with Crippen LogP contribution in [0.1, 0.15) is 43.2 Å². The summed E-state index contributed by atoms with van der Waals surface area (Å²) in [5, 5.41) is 3.32. The highest BCUT2D eigenvalue weighted by Gasteiger charge is 2.44. The Labute approximate surface area is 127 Å². The molecular formula is C18H26N2O. The van der Waals surface area contributed by atoms with E-state index in [0.717, 1.165) is 32.2 Å². The highest BCUT2D eigenvalue weighted by molar-refractivity contribution is 5.78. The van der Waals surface area contributed by atoms with Crippen molar-refractivity contribution in [1.29, 1.82) is 0 Å². The lowest BCUT2D eigenvalue weighted by molar-refractivity contribution is -0.123. The van der Waals surface area contributed by atoms with E-state index in [0.29, 0.717) is 12.5 Å². The molecule has 1 heterocycles. The Balaban J connectivity index is 1.55. The van der Waals surface area contributed by atoms with Gasteiger partial charge < -0.3 is 10.2 Å². The Bertz CT molecular complexity index is 522. The van der Waals surface area contributed by atoms with Crippen LogP contribution in [-0.2, 0) is 11.2 Å². The van der Waals surface area contributed by atoms with Crippen LogP contribution in [0.3, 0.4) is 0 Å². The molecule has 0 unspecified atom stereocenters. The number of hydrogen-bond acceptors (Lipinski definition) is 2. The molecule has 3 rings (SSSR count). The van der Waals surface area contributed by atoms with Gasteiger partial charge in [0.1, 0.15) is 0 Å². The Kier molecular flexibility index (Phi) is 4.03. The highest BCUT2D eigenvalue weighted by Crippen LogP contribution is 2.39. The quantitative estimate of drug-likeness (QED) is 0.902. The molecular weight excluding hydrogens is 260 g/mol. The average molecular weight is 286 g/mol. The van der Waals surface area contributed by atoms with E-state index >= 15 is 0 Å². The van der Waals surface area contributed by atoms with Crippen LogP contribution in [-0.4, -0.2) is 36.0 Å². The molecule has 3 heteroatoms. The van der Waals surface area contributed by atoms with Gasteiger partial charge in [0.2, 0.25) is 5.91 Å². The smallest absolute Gasteiger partial charge is 0.222 e. The number of nitrogens with one attached hydrogen (secondary N) is 1. The molecule has 0 bridgehead atoms. The first kappa shape index (κ1) is 14.6. The summed E-state index contributed by atoms with van der Waals surface area (Å²) in [6.07, 6.45) is 6.26. The van der Waals surface area contributed by atoms with E-state index in [9.17, 15) is 4.79 Å². The van der Waals surface area contributed by atoms with E-state index in [2.05, 4.69) is 48.5 Å². The molecule has 0 aromatic heterocycles. The molecule has 1 aromatic rings. The van der Waals surface area contributed by atoms with E-state index in [4.69, 9.17) is 0 Å². The van der Waals surface area contributed by atoms with Gasteiger partial charge in [0, 0.05) is 18.0 Å². The molecule has 1 aliphatic carbocycles. The molecule has 1 aliphatic heterocycles. The Morgan fingerprint density at radius 1 is 1.43 bits per heavy atom. The zero-order chi connectivity index (χ0) is 14.9. The second-order valence-electron chi connectivity index (χ2n) is 6.98. The minimum Gasteiger partial charge on any atom is -0.350 e. The summed E-state index contributed by atoms with van der Waals surface area (Å²) in [5.74, 6) is 0.235. The molecule has 1 N–H and O–H groups in total. The summed E-state index contributed by atoms with van der Waals surface area (Å²) < 4.78 is 0. The van der Waals surface area contributed by atoms with Crippen molar-refractivity contribution in [2.75, 3.05) is 13.6 Å². The largest absolute Gasteiger partial charge is 0.350 e. The van der Waals surface area contributed by atoms with Gasteiger partial charge >= 0.3 is 0 Å². The van der Waals surface area contributed by atoms with Crippen LogP contribution < -0.4 is 5.32 Å². The lowest BCUT2D eigenvalue weighted by Crippen LogP contribution is -2.41. The third-order valence-corrected chi connectivity index (χ3v) is 4.98. The van der Waals surface area contributed by atoms with Gasteiger partial charge in [0.25, 0.3) is 0 Å². The second-order valence-corrected chi connectivity index (χ2v) is 6.98. The number of amides is 1. The molecule has 1 atom stereocenters. The van der Waals surface area contributed by atoms with Crippen LogP contribution in [0.25, 0.3) is 0 Å². The number of likely N-dealkylation sites (tertiary alicyclic amines) is 1. The fourth-order valence-electron chi connectivity index (χ4n) is 3.51. The number of nitrogens with zero attached hydrogens (tertiary/aromatic N) is 1. The molecule has 114 valence electrons. The van der Waals surface area contributed by atoms with Crippen molar-refractivity contribution < 1.29 is 4.79 Å². The molecule has 0 spiro atoms. The third kappa shape index (κ3) is 3.65. The number of hydrogen-bond donors (Lipinski definition) is 1. The molecule has 3 nitrogen and oxygen atoms in total. The van der Waals surface area contributed by atoms with E-state index in [1.807, 2.05) is 0 Å². The summed E-state index contributed by atoms with van der Waals surface area (Å²) in [4.78, 5) is 14.6. The monoisotopic (exact) mass is 286 g/mol. The van der Waals surface area contributed by atoms with Gasteiger partial charge in [-0.1, -0.05) is 29.8 Å². The van der Waals surface area contributed by atoms with Gasteiger partial charge in [-0.2, -0.15) is 0 Å². The molecule has 1 amide bonds. The Morgan fingerprint density at radius 3 is 2.86 bits per heavy atom. The van der Waals surface area contributed by atoms with Gasteiger partial charge in [-0.3, -0.25) is 4.79 Å². The number of carbonyl (C=O) groups excluding carboxylic acids is 1. The van der Waals surface area contributed by atoms with E-state index in [-0.39, 0.29) is 11.4 Å². The van der Waals surface area contributed by atoms with Gasteiger partial charge in [-0.05, 0) is 58.2 Å². The van der Waals surface area contributed by atoms with Gasteiger partial charge in [0.05, 0.1) is 0 Å². The van der Waals surface area contributed by atoms with Crippen molar-refractivity contribution in [3.63, 3.8) is 0 Å². The van der Waals surface area contributed by atoms with Crippen molar-refractivity contribution in [3.8, 4) is 0 Å². The maximum atomic E-state index is 12.3. The lowest BCUT2D eigenvalue weighted by Gasteiger charge is -2.22. The first-order valence-corrected chi connectivity index (χ1v) is 8.13. The Morgan fingerprint density at radius 2 is 2.24 bits per heavy atom. The van der Waals surface area contributed by atoms with E-state index < -0.39 is 0 Å². The van der Waals surface area contributed by atoms with Crippen LogP contribution in [0.15, 0.2) is 24.3 Å².